The van der Waals surface area contributed by atoms with Crippen LogP contribution in [0.25, 0.3) is 0 Å². The number of carbonyl (C=O) groups is 2. The first kappa shape index (κ1) is 10.1. The van der Waals surface area contributed by atoms with Gasteiger partial charge in [-0.1, -0.05) is 6.92 Å². The van der Waals surface area contributed by atoms with Crippen LogP contribution in [-0.2, 0) is 14.4 Å². The summed E-state index contributed by atoms with van der Waals surface area (Å²) in [5.41, 5.74) is 0. The lowest BCUT2D eigenvalue weighted by molar-refractivity contribution is -0.144. The lowest BCUT2D eigenvalue weighted by atomic mass is 10.1. The Bertz CT molecular complexity index is 129. The number of hydrogen-bond donors (Lipinski definition) is 1. The third-order valence-corrected chi connectivity index (χ3v) is 1.36. The number of rotatable bonds is 5. The van der Waals surface area contributed by atoms with E-state index in [4.69, 9.17) is 0 Å². The Hall–Kier alpha value is -0.900. The summed E-state index contributed by atoms with van der Waals surface area (Å²) in [5, 5.41) is 0. The predicted molar refractivity (Wildman–Crippen MR) is 39.4 cm³/mol. The molecule has 0 aliphatic rings. The first-order chi connectivity index (χ1) is 5.20. The zero-order valence-corrected chi connectivity index (χ0v) is 6.63. The minimum absolute atomic E-state index is 0.162. The van der Waals surface area contributed by atoms with Gasteiger partial charge in [-0.3, -0.25) is 9.59 Å². The predicted octanol–water partition coefficient (Wildman–Crippen LogP) is 0.553. The van der Waals surface area contributed by atoms with Crippen molar-refractivity contribution in [2.45, 2.75) is 32.6 Å². The first-order valence-corrected chi connectivity index (χ1v) is 3.62. The van der Waals surface area contributed by atoms with Crippen LogP contribution in [0.3, 0.4) is 0 Å². The van der Waals surface area contributed by atoms with Gasteiger partial charge >= 0.3 is 5.97 Å². The summed E-state index contributed by atoms with van der Waals surface area (Å²) in [7, 11) is 0. The summed E-state index contributed by atoms with van der Waals surface area (Å²) < 4.78 is 0. The Morgan fingerprint density at radius 3 is 2.45 bits per heavy atom. The standard InChI is InChI=1S/C7H13NO3/c1-2-6(9)4-3-5-7(10)11-8/h2-5,8H2,1H3. The number of nitrogens with two attached hydrogens (primary N) is 1. The maximum absolute atomic E-state index is 10.7. The molecular formula is C7H13NO3. The average Bonchev–Trinajstić information content (AvgIpc) is 2.04. The zero-order chi connectivity index (χ0) is 8.69. The molecule has 0 saturated heterocycles. The lowest BCUT2D eigenvalue weighted by Gasteiger charge is -1.96. The van der Waals surface area contributed by atoms with Crippen molar-refractivity contribution in [3.05, 3.63) is 0 Å². The Morgan fingerprint density at radius 2 is 2.00 bits per heavy atom. The first-order valence-electron chi connectivity index (χ1n) is 3.62. The molecule has 0 rings (SSSR count). The second kappa shape index (κ2) is 5.85. The minimum Gasteiger partial charge on any atom is -0.373 e. The molecule has 0 aromatic heterocycles. The van der Waals surface area contributed by atoms with E-state index >= 15 is 0 Å². The zero-order valence-electron chi connectivity index (χ0n) is 6.63. The van der Waals surface area contributed by atoms with Crippen LogP contribution in [0, 0.1) is 0 Å². The molecule has 2 N–H and O–H groups in total. The molecule has 0 fully saturated rings. The molecule has 0 aliphatic heterocycles. The molecular weight excluding hydrogens is 146 g/mol. The van der Waals surface area contributed by atoms with Crippen molar-refractivity contribution in [2.75, 3.05) is 0 Å². The summed E-state index contributed by atoms with van der Waals surface area (Å²) >= 11 is 0. The van der Waals surface area contributed by atoms with E-state index in [1.165, 1.54) is 0 Å². The van der Waals surface area contributed by atoms with E-state index in [1.54, 1.807) is 6.92 Å². The molecule has 0 radical (unpaired) electrons. The van der Waals surface area contributed by atoms with E-state index in [1.807, 2.05) is 0 Å². The lowest BCUT2D eigenvalue weighted by Crippen LogP contribution is -2.09. The smallest absolute Gasteiger partial charge is 0.324 e. The van der Waals surface area contributed by atoms with Crippen molar-refractivity contribution in [2.24, 2.45) is 5.90 Å². The van der Waals surface area contributed by atoms with Gasteiger partial charge in [0.15, 0.2) is 0 Å². The molecule has 4 heteroatoms. The summed E-state index contributed by atoms with van der Waals surface area (Å²) in [6, 6.07) is 0. The van der Waals surface area contributed by atoms with Crippen LogP contribution in [0.4, 0.5) is 0 Å². The summed E-state index contributed by atoms with van der Waals surface area (Å²) in [5.74, 6) is 4.28. The number of ketones is 1. The van der Waals surface area contributed by atoms with Gasteiger partial charge < -0.3 is 4.84 Å². The monoisotopic (exact) mass is 159 g/mol. The quantitative estimate of drug-likeness (QED) is 0.595. The highest BCUT2D eigenvalue weighted by atomic mass is 16.7. The van der Waals surface area contributed by atoms with Crippen molar-refractivity contribution in [1.82, 2.24) is 0 Å². The van der Waals surface area contributed by atoms with Gasteiger partial charge in [0, 0.05) is 19.3 Å². The summed E-state index contributed by atoms with van der Waals surface area (Å²) in [6.45, 7) is 1.80. The van der Waals surface area contributed by atoms with Crippen LogP contribution in [0.15, 0.2) is 0 Å². The Kier molecular flexibility index (Phi) is 5.37. The fraction of sp³-hybridized carbons (Fsp3) is 0.714. The highest BCUT2D eigenvalue weighted by molar-refractivity contribution is 5.78. The average molecular weight is 159 g/mol. The van der Waals surface area contributed by atoms with Crippen LogP contribution in [0.1, 0.15) is 32.6 Å². The van der Waals surface area contributed by atoms with Crippen LogP contribution in [0.5, 0.6) is 0 Å². The molecule has 0 saturated carbocycles. The van der Waals surface area contributed by atoms with E-state index in [0.717, 1.165) is 0 Å². The van der Waals surface area contributed by atoms with Crippen molar-refractivity contribution in [3.63, 3.8) is 0 Å². The second-order valence-corrected chi connectivity index (χ2v) is 2.24. The molecule has 0 spiro atoms. The molecule has 0 amide bonds. The van der Waals surface area contributed by atoms with Gasteiger partial charge in [0.1, 0.15) is 5.78 Å². The molecule has 4 nitrogen and oxygen atoms in total. The van der Waals surface area contributed by atoms with Crippen LogP contribution in [0.2, 0.25) is 0 Å². The van der Waals surface area contributed by atoms with Gasteiger partial charge in [-0.2, -0.15) is 5.90 Å². The molecule has 64 valence electrons. The van der Waals surface area contributed by atoms with E-state index in [-0.39, 0.29) is 12.2 Å². The van der Waals surface area contributed by atoms with Crippen LogP contribution in [-0.4, -0.2) is 11.8 Å². The third kappa shape index (κ3) is 5.54. The SMILES string of the molecule is CCC(=O)CCCC(=O)ON. The van der Waals surface area contributed by atoms with Crippen molar-refractivity contribution in [1.29, 1.82) is 0 Å². The summed E-state index contributed by atoms with van der Waals surface area (Å²) in [4.78, 5) is 25.0. The van der Waals surface area contributed by atoms with Gasteiger partial charge in [-0.05, 0) is 6.42 Å². The fourth-order valence-electron chi connectivity index (χ4n) is 0.666. The molecule has 0 aromatic carbocycles. The van der Waals surface area contributed by atoms with Crippen LogP contribution < -0.4 is 5.90 Å². The molecule has 0 bridgehead atoms. The fourth-order valence-corrected chi connectivity index (χ4v) is 0.666. The van der Waals surface area contributed by atoms with Crippen LogP contribution >= 0.6 is 0 Å². The van der Waals surface area contributed by atoms with E-state index in [0.29, 0.717) is 19.3 Å². The molecule has 0 atom stereocenters. The molecule has 0 aromatic rings. The van der Waals surface area contributed by atoms with Crippen molar-refractivity contribution >= 4 is 11.8 Å². The van der Waals surface area contributed by atoms with Gasteiger partial charge in [0.05, 0.1) is 0 Å². The Labute approximate surface area is 65.7 Å². The largest absolute Gasteiger partial charge is 0.373 e. The van der Waals surface area contributed by atoms with Gasteiger partial charge in [-0.15, -0.1) is 0 Å². The maximum Gasteiger partial charge on any atom is 0.324 e. The Balaban J connectivity index is 3.27. The van der Waals surface area contributed by atoms with Gasteiger partial charge in [0.25, 0.3) is 0 Å². The normalized spacial score (nSPS) is 9.27. The highest BCUT2D eigenvalue weighted by Gasteiger charge is 2.02. The molecule has 0 aliphatic carbocycles. The van der Waals surface area contributed by atoms with Crippen molar-refractivity contribution in [3.8, 4) is 0 Å². The number of Topliss-reactive ketones (excluding diaryl/α,β-unsaturated/α-hetero) is 1. The highest BCUT2D eigenvalue weighted by Crippen LogP contribution is 1.99. The molecule has 11 heavy (non-hydrogen) atoms. The van der Waals surface area contributed by atoms with Crippen molar-refractivity contribution < 1.29 is 14.4 Å². The van der Waals surface area contributed by atoms with E-state index in [9.17, 15) is 9.59 Å². The molecule has 0 heterocycles. The number of carbonyl (C=O) groups excluding carboxylic acids is 2. The second-order valence-electron chi connectivity index (χ2n) is 2.24. The third-order valence-electron chi connectivity index (χ3n) is 1.36. The van der Waals surface area contributed by atoms with Gasteiger partial charge in [-0.25, -0.2) is 0 Å². The summed E-state index contributed by atoms with van der Waals surface area (Å²) in [6.07, 6.45) is 1.72. The molecule has 0 unspecified atom stereocenters. The van der Waals surface area contributed by atoms with E-state index in [2.05, 4.69) is 10.7 Å². The Morgan fingerprint density at radius 1 is 1.36 bits per heavy atom. The van der Waals surface area contributed by atoms with Gasteiger partial charge in [0.2, 0.25) is 0 Å². The number of hydrogen-bond acceptors (Lipinski definition) is 4. The van der Waals surface area contributed by atoms with E-state index < -0.39 is 5.97 Å². The minimum atomic E-state index is -0.464. The maximum atomic E-state index is 10.7. The topological polar surface area (TPSA) is 69.4 Å².